The maximum Gasteiger partial charge on any atom is 0.272 e. The van der Waals surface area contributed by atoms with Crippen molar-refractivity contribution in [3.8, 4) is 11.8 Å². The normalized spacial score (nSPS) is 11.3. The molecule has 0 aliphatic rings. The third-order valence-electron chi connectivity index (χ3n) is 2.96. The molecule has 0 saturated carbocycles. The Labute approximate surface area is 122 Å². The summed E-state index contributed by atoms with van der Waals surface area (Å²) in [6, 6.07) is 6.30. The van der Waals surface area contributed by atoms with Crippen molar-refractivity contribution in [2.45, 2.75) is 26.4 Å². The molecule has 0 spiro atoms. The van der Waals surface area contributed by atoms with Crippen molar-refractivity contribution in [3.63, 3.8) is 0 Å². The molecule has 0 fully saturated rings. The van der Waals surface area contributed by atoms with Gasteiger partial charge in [0.25, 0.3) is 11.6 Å². The first-order chi connectivity index (χ1) is 9.86. The van der Waals surface area contributed by atoms with Gasteiger partial charge in [-0.15, -0.1) is 0 Å². The predicted molar refractivity (Wildman–Crippen MR) is 75.8 cm³/mol. The van der Waals surface area contributed by atoms with E-state index in [1.807, 2.05) is 6.07 Å². The Kier molecular flexibility index (Phi) is 5.67. The van der Waals surface area contributed by atoms with Gasteiger partial charge in [0.05, 0.1) is 17.4 Å². The first kappa shape index (κ1) is 16.4. The molecule has 7 nitrogen and oxygen atoms in total. The average Bonchev–Trinajstić information content (AvgIpc) is 2.43. The Morgan fingerprint density at radius 1 is 1.57 bits per heavy atom. The molecule has 1 aromatic carbocycles. The molecule has 0 aliphatic heterocycles. The van der Waals surface area contributed by atoms with Crippen molar-refractivity contribution in [2.75, 3.05) is 13.6 Å². The van der Waals surface area contributed by atoms with Gasteiger partial charge in [-0.3, -0.25) is 14.9 Å². The van der Waals surface area contributed by atoms with Gasteiger partial charge in [0.1, 0.15) is 5.75 Å². The van der Waals surface area contributed by atoms with Crippen molar-refractivity contribution in [3.05, 3.63) is 33.9 Å². The molecular weight excluding hydrogens is 274 g/mol. The van der Waals surface area contributed by atoms with Crippen LogP contribution >= 0.6 is 0 Å². The van der Waals surface area contributed by atoms with Gasteiger partial charge in [-0.25, -0.2) is 0 Å². The lowest BCUT2D eigenvalue weighted by Crippen LogP contribution is -2.38. The number of carbonyl (C=O) groups excluding carboxylic acids is 1. The first-order valence-electron chi connectivity index (χ1n) is 6.40. The molecule has 0 radical (unpaired) electrons. The molecule has 0 aliphatic carbocycles. The van der Waals surface area contributed by atoms with E-state index in [9.17, 15) is 14.9 Å². The summed E-state index contributed by atoms with van der Waals surface area (Å²) in [5.41, 5.74) is 0.474. The quantitative estimate of drug-likeness (QED) is 0.590. The van der Waals surface area contributed by atoms with Gasteiger partial charge < -0.3 is 9.64 Å². The Bertz CT molecular complexity index is 580. The average molecular weight is 291 g/mol. The number of nitro groups is 1. The van der Waals surface area contributed by atoms with Gasteiger partial charge in [-0.1, -0.05) is 0 Å². The van der Waals surface area contributed by atoms with Crippen LogP contribution in [0.5, 0.6) is 5.75 Å². The van der Waals surface area contributed by atoms with Crippen LogP contribution < -0.4 is 4.74 Å². The molecule has 7 heteroatoms. The fourth-order valence-electron chi connectivity index (χ4n) is 1.80. The van der Waals surface area contributed by atoms with Crippen molar-refractivity contribution in [2.24, 2.45) is 0 Å². The van der Waals surface area contributed by atoms with E-state index >= 15 is 0 Å². The largest absolute Gasteiger partial charge is 0.481 e. The lowest BCUT2D eigenvalue weighted by molar-refractivity contribution is -0.385. The number of benzene rings is 1. The van der Waals surface area contributed by atoms with Crippen LogP contribution in [0.3, 0.4) is 0 Å². The van der Waals surface area contributed by atoms with Gasteiger partial charge in [0.15, 0.2) is 6.10 Å². The van der Waals surface area contributed by atoms with E-state index in [0.717, 1.165) is 0 Å². The predicted octanol–water partition coefficient (Wildman–Crippen LogP) is 2.04. The topological polar surface area (TPSA) is 96.5 Å². The number of amides is 1. The number of nitriles is 1. The molecule has 21 heavy (non-hydrogen) atoms. The maximum atomic E-state index is 12.0. The molecule has 0 saturated heterocycles. The number of nitro benzene ring substituents is 1. The molecule has 1 amide bonds. The second kappa shape index (κ2) is 7.24. The van der Waals surface area contributed by atoms with Crippen LogP contribution in [-0.2, 0) is 4.79 Å². The summed E-state index contributed by atoms with van der Waals surface area (Å²) < 4.78 is 5.50. The summed E-state index contributed by atoms with van der Waals surface area (Å²) in [5, 5.41) is 19.2. The van der Waals surface area contributed by atoms with E-state index < -0.39 is 11.0 Å². The van der Waals surface area contributed by atoms with E-state index in [-0.39, 0.29) is 18.0 Å². The van der Waals surface area contributed by atoms with Crippen molar-refractivity contribution < 1.29 is 14.5 Å². The third-order valence-corrected chi connectivity index (χ3v) is 2.96. The van der Waals surface area contributed by atoms with E-state index in [4.69, 9.17) is 10.00 Å². The molecule has 0 aromatic heterocycles. The lowest BCUT2D eigenvalue weighted by Gasteiger charge is -2.21. The molecule has 0 heterocycles. The van der Waals surface area contributed by atoms with Gasteiger partial charge in [-0.05, 0) is 26.0 Å². The third kappa shape index (κ3) is 4.45. The fraction of sp³-hybridized carbons (Fsp3) is 0.429. The number of hydrogen-bond acceptors (Lipinski definition) is 5. The summed E-state index contributed by atoms with van der Waals surface area (Å²) in [5.74, 6) is 0.147. The number of hydrogen-bond donors (Lipinski definition) is 0. The van der Waals surface area contributed by atoms with Gasteiger partial charge in [0.2, 0.25) is 0 Å². The molecule has 1 rings (SSSR count). The van der Waals surface area contributed by atoms with Gasteiger partial charge in [0, 0.05) is 25.2 Å². The van der Waals surface area contributed by atoms with E-state index in [1.54, 1.807) is 20.9 Å². The molecule has 0 unspecified atom stereocenters. The monoisotopic (exact) mass is 291 g/mol. The highest BCUT2D eigenvalue weighted by Crippen LogP contribution is 2.23. The van der Waals surface area contributed by atoms with Crippen LogP contribution in [0.1, 0.15) is 18.9 Å². The second-order valence-corrected chi connectivity index (χ2v) is 4.63. The Morgan fingerprint density at radius 3 is 2.76 bits per heavy atom. The van der Waals surface area contributed by atoms with Crippen LogP contribution in [0.15, 0.2) is 18.2 Å². The highest BCUT2D eigenvalue weighted by atomic mass is 16.6. The Balaban J connectivity index is 2.73. The number of rotatable bonds is 6. The highest BCUT2D eigenvalue weighted by Gasteiger charge is 2.20. The van der Waals surface area contributed by atoms with Crippen LogP contribution in [-0.4, -0.2) is 35.4 Å². The molecule has 1 atom stereocenters. The summed E-state index contributed by atoms with van der Waals surface area (Å²) in [6.07, 6.45) is -0.472. The Morgan fingerprint density at radius 2 is 2.24 bits per heavy atom. The lowest BCUT2D eigenvalue weighted by atomic mass is 10.2. The van der Waals surface area contributed by atoms with Crippen molar-refractivity contribution in [1.82, 2.24) is 4.90 Å². The van der Waals surface area contributed by atoms with Crippen LogP contribution in [0.4, 0.5) is 5.69 Å². The zero-order valence-corrected chi connectivity index (χ0v) is 12.2. The van der Waals surface area contributed by atoms with Crippen LogP contribution in [0.2, 0.25) is 0 Å². The Hall–Kier alpha value is -2.62. The summed E-state index contributed by atoms with van der Waals surface area (Å²) >= 11 is 0. The van der Waals surface area contributed by atoms with Crippen LogP contribution in [0, 0.1) is 28.4 Å². The highest BCUT2D eigenvalue weighted by molar-refractivity contribution is 5.80. The number of nitrogens with zero attached hydrogens (tertiary/aromatic N) is 3. The zero-order valence-electron chi connectivity index (χ0n) is 12.2. The SMILES string of the molecule is Cc1cc(O[C@H](C)C(=O)N(C)CCC#N)ccc1[N+](=O)[O-]. The minimum atomic E-state index is -0.727. The molecule has 0 N–H and O–H groups in total. The van der Waals surface area contributed by atoms with Crippen LogP contribution in [0.25, 0.3) is 0 Å². The summed E-state index contributed by atoms with van der Waals surface area (Å²) in [6.45, 7) is 3.54. The number of aryl methyl sites for hydroxylation is 1. The number of carbonyl (C=O) groups is 1. The van der Waals surface area contributed by atoms with Gasteiger partial charge >= 0.3 is 0 Å². The minimum absolute atomic E-state index is 0.00691. The molecule has 1 aromatic rings. The van der Waals surface area contributed by atoms with Gasteiger partial charge in [-0.2, -0.15) is 5.26 Å². The minimum Gasteiger partial charge on any atom is -0.481 e. The first-order valence-corrected chi connectivity index (χ1v) is 6.40. The fourth-order valence-corrected chi connectivity index (χ4v) is 1.80. The summed E-state index contributed by atoms with van der Waals surface area (Å²) in [7, 11) is 1.60. The zero-order chi connectivity index (χ0) is 16.0. The van der Waals surface area contributed by atoms with Crippen molar-refractivity contribution in [1.29, 1.82) is 5.26 Å². The van der Waals surface area contributed by atoms with E-state index in [2.05, 4.69) is 0 Å². The number of likely N-dealkylation sites (N-methyl/N-ethyl adjacent to an activating group) is 1. The second-order valence-electron chi connectivity index (χ2n) is 4.63. The molecule has 0 bridgehead atoms. The van der Waals surface area contributed by atoms with E-state index in [0.29, 0.717) is 17.9 Å². The summed E-state index contributed by atoms with van der Waals surface area (Å²) in [4.78, 5) is 23.7. The number of ether oxygens (including phenoxy) is 1. The molecular formula is C14H17N3O4. The molecule has 112 valence electrons. The maximum absolute atomic E-state index is 12.0. The van der Waals surface area contributed by atoms with Crippen molar-refractivity contribution >= 4 is 11.6 Å². The van der Waals surface area contributed by atoms with E-state index in [1.165, 1.54) is 23.1 Å². The standard InChI is InChI=1S/C14H17N3O4/c1-10-9-12(5-6-13(10)17(19)20)21-11(2)14(18)16(3)8-4-7-15/h5-6,9,11H,4,8H2,1-3H3/t11-/m1/s1. The smallest absolute Gasteiger partial charge is 0.272 e.